The molecule has 4 aromatic rings. The summed E-state index contributed by atoms with van der Waals surface area (Å²) in [7, 11) is -6.84. The maximum Gasteiger partial charge on any atom is 0.324 e. The lowest BCUT2D eigenvalue weighted by Gasteiger charge is -2.25. The van der Waals surface area contributed by atoms with E-state index in [9.17, 15) is 26.7 Å². The van der Waals surface area contributed by atoms with Gasteiger partial charge in [0.15, 0.2) is 0 Å². The van der Waals surface area contributed by atoms with Crippen LogP contribution in [0.5, 0.6) is 5.75 Å². The minimum atomic E-state index is -4.31. The molecular weight excluding hydrogens is 518 g/mol. The van der Waals surface area contributed by atoms with E-state index in [-0.39, 0.29) is 21.2 Å². The zero-order valence-electron chi connectivity index (χ0n) is 19.5. The van der Waals surface area contributed by atoms with Gasteiger partial charge in [0.1, 0.15) is 12.3 Å². The number of nitrogens with two attached hydrogens (primary N) is 1. The van der Waals surface area contributed by atoms with Crippen molar-refractivity contribution in [2.45, 2.75) is 9.79 Å². The monoisotopic (exact) mass is 541 g/mol. The number of methoxy groups -OCH3 is 1. The third kappa shape index (κ3) is 5.29. The van der Waals surface area contributed by atoms with Gasteiger partial charge in [0.2, 0.25) is 0 Å². The Morgan fingerprint density at radius 2 is 1.46 bits per heavy atom. The lowest BCUT2D eigenvalue weighted by atomic mass is 10.1. The van der Waals surface area contributed by atoms with Gasteiger partial charge in [0.05, 0.1) is 28.3 Å². The van der Waals surface area contributed by atoms with Crippen molar-refractivity contribution in [1.82, 2.24) is 0 Å². The average molecular weight is 542 g/mol. The topological polar surface area (TPSA) is 156 Å². The normalized spacial score (nSPS) is 11.7. The van der Waals surface area contributed by atoms with Crippen molar-refractivity contribution in [2.24, 2.45) is 0 Å². The van der Waals surface area contributed by atoms with Gasteiger partial charge in [-0.15, -0.1) is 0 Å². The molecule has 0 spiro atoms. The second kappa shape index (κ2) is 9.99. The lowest BCUT2D eigenvalue weighted by Crippen LogP contribution is -2.36. The smallest absolute Gasteiger partial charge is 0.324 e. The van der Waals surface area contributed by atoms with Crippen LogP contribution in [0.4, 0.5) is 17.1 Å². The Kier molecular flexibility index (Phi) is 6.96. The number of sulfonamides is 2. The number of aliphatic carboxylic acids is 1. The molecule has 0 aliphatic heterocycles. The number of fused-ring (bicyclic) bond motifs is 1. The second-order valence-corrected chi connectivity index (χ2v) is 11.5. The summed E-state index contributed by atoms with van der Waals surface area (Å²) in [6.45, 7) is -0.854. The first-order valence-corrected chi connectivity index (χ1v) is 13.7. The fourth-order valence-electron chi connectivity index (χ4n) is 3.74. The van der Waals surface area contributed by atoms with Gasteiger partial charge in [-0.25, -0.2) is 16.8 Å². The van der Waals surface area contributed by atoms with Crippen molar-refractivity contribution in [1.29, 1.82) is 0 Å². The van der Waals surface area contributed by atoms with Gasteiger partial charge in [0, 0.05) is 16.5 Å². The predicted molar refractivity (Wildman–Crippen MR) is 141 cm³/mol. The fraction of sp³-hybridized carbons (Fsp3) is 0.0800. The molecule has 0 saturated carbocycles. The Labute approximate surface area is 214 Å². The maximum absolute atomic E-state index is 13.5. The number of benzene rings is 4. The van der Waals surface area contributed by atoms with Gasteiger partial charge in [-0.05, 0) is 60.7 Å². The molecule has 37 heavy (non-hydrogen) atoms. The van der Waals surface area contributed by atoms with Gasteiger partial charge in [0.25, 0.3) is 20.0 Å². The first-order chi connectivity index (χ1) is 17.5. The fourth-order valence-corrected chi connectivity index (χ4v) is 6.25. The van der Waals surface area contributed by atoms with Crippen molar-refractivity contribution in [3.05, 3.63) is 84.9 Å². The third-order valence-corrected chi connectivity index (χ3v) is 8.69. The Bertz CT molecular complexity index is 1670. The summed E-state index contributed by atoms with van der Waals surface area (Å²) in [6, 6.07) is 20.5. The largest absolute Gasteiger partial charge is 0.497 e. The minimum Gasteiger partial charge on any atom is -0.497 e. The number of carboxylic acids is 1. The molecule has 0 aliphatic carbocycles. The molecule has 0 aliphatic rings. The Morgan fingerprint density at radius 1 is 0.865 bits per heavy atom. The predicted octanol–water partition coefficient (Wildman–Crippen LogP) is 3.51. The molecule has 0 saturated heterocycles. The van der Waals surface area contributed by atoms with Crippen LogP contribution in [0.3, 0.4) is 0 Å². The van der Waals surface area contributed by atoms with Crippen LogP contribution in [0.2, 0.25) is 0 Å². The summed E-state index contributed by atoms with van der Waals surface area (Å²) in [5.41, 5.74) is 6.28. The lowest BCUT2D eigenvalue weighted by molar-refractivity contribution is -0.135. The van der Waals surface area contributed by atoms with E-state index in [0.29, 0.717) is 22.2 Å². The van der Waals surface area contributed by atoms with E-state index in [1.54, 1.807) is 24.3 Å². The molecule has 0 unspecified atom stereocenters. The number of carbonyl (C=O) groups is 1. The molecule has 4 rings (SSSR count). The van der Waals surface area contributed by atoms with Gasteiger partial charge in [-0.1, -0.05) is 24.3 Å². The first-order valence-electron chi connectivity index (χ1n) is 10.8. The van der Waals surface area contributed by atoms with E-state index in [4.69, 9.17) is 10.5 Å². The van der Waals surface area contributed by atoms with E-state index < -0.39 is 32.6 Å². The van der Waals surface area contributed by atoms with Gasteiger partial charge in [-0.2, -0.15) is 0 Å². The molecule has 0 fully saturated rings. The Morgan fingerprint density at radius 3 is 2.05 bits per heavy atom. The number of nitrogens with one attached hydrogen (secondary N) is 1. The molecule has 0 aromatic heterocycles. The molecule has 12 heteroatoms. The molecule has 0 radical (unpaired) electrons. The van der Waals surface area contributed by atoms with Crippen LogP contribution < -0.4 is 19.5 Å². The summed E-state index contributed by atoms with van der Waals surface area (Å²) in [6.07, 6.45) is 0. The molecular formula is C25H23N3O7S2. The third-order valence-electron chi connectivity index (χ3n) is 5.53. The van der Waals surface area contributed by atoms with Crippen LogP contribution in [0.25, 0.3) is 10.8 Å². The highest BCUT2D eigenvalue weighted by atomic mass is 32.2. The maximum atomic E-state index is 13.5. The first kappa shape index (κ1) is 25.8. The van der Waals surface area contributed by atoms with E-state index in [0.717, 1.165) is 4.31 Å². The zero-order valence-corrected chi connectivity index (χ0v) is 21.2. The van der Waals surface area contributed by atoms with E-state index >= 15 is 0 Å². The van der Waals surface area contributed by atoms with E-state index in [1.807, 2.05) is 0 Å². The Balaban J connectivity index is 1.82. The highest BCUT2D eigenvalue weighted by molar-refractivity contribution is 7.93. The molecule has 0 heterocycles. The summed E-state index contributed by atoms with van der Waals surface area (Å²) < 4.78 is 61.4. The van der Waals surface area contributed by atoms with Gasteiger partial charge < -0.3 is 15.6 Å². The van der Waals surface area contributed by atoms with Gasteiger partial charge >= 0.3 is 5.97 Å². The van der Waals surface area contributed by atoms with Crippen LogP contribution in [-0.2, 0) is 24.8 Å². The highest BCUT2D eigenvalue weighted by Crippen LogP contribution is 2.36. The average Bonchev–Trinajstić information content (AvgIpc) is 2.88. The van der Waals surface area contributed by atoms with Crippen molar-refractivity contribution in [2.75, 3.05) is 28.4 Å². The zero-order chi connectivity index (χ0) is 26.8. The van der Waals surface area contributed by atoms with Crippen LogP contribution in [0.15, 0.2) is 94.7 Å². The molecule has 4 N–H and O–H groups in total. The molecule has 0 bridgehead atoms. The molecule has 0 atom stereocenters. The SMILES string of the molecule is COc1ccc(S(=O)(=O)Nc2ccc(N(CC(=O)O)S(=O)(=O)c3ccc(N)cc3)c3ccccc23)cc1. The second-order valence-electron chi connectivity index (χ2n) is 7.93. The summed E-state index contributed by atoms with van der Waals surface area (Å²) in [5, 5.41) is 10.2. The van der Waals surface area contributed by atoms with Crippen LogP contribution >= 0.6 is 0 Å². The number of rotatable bonds is 9. The van der Waals surface area contributed by atoms with Crippen molar-refractivity contribution >= 4 is 53.9 Å². The van der Waals surface area contributed by atoms with Gasteiger partial charge in [-0.3, -0.25) is 13.8 Å². The van der Waals surface area contributed by atoms with Crippen LogP contribution in [0.1, 0.15) is 0 Å². The molecule has 192 valence electrons. The number of hydrogen-bond donors (Lipinski definition) is 3. The summed E-state index contributed by atoms with van der Waals surface area (Å²) in [5.74, 6) is -0.873. The number of nitrogens with zero attached hydrogens (tertiary/aromatic N) is 1. The minimum absolute atomic E-state index is 0.000102. The molecule has 10 nitrogen and oxygen atoms in total. The Hall–Kier alpha value is -4.29. The standard InChI is InChI=1S/C25H23N3O7S2/c1-35-18-8-12-19(13-9-18)36(31,32)27-23-14-15-24(22-5-3-2-4-21(22)23)28(16-25(29)30)37(33,34)20-10-6-17(26)7-11-20/h2-15,27H,16,26H2,1H3,(H,29,30). The van der Waals surface area contributed by atoms with Crippen molar-refractivity contribution in [3.63, 3.8) is 0 Å². The van der Waals surface area contributed by atoms with Crippen LogP contribution in [-0.4, -0.2) is 41.6 Å². The quantitative estimate of drug-likeness (QED) is 0.272. The van der Waals surface area contributed by atoms with Crippen molar-refractivity contribution in [3.8, 4) is 5.75 Å². The van der Waals surface area contributed by atoms with Crippen molar-refractivity contribution < 1.29 is 31.5 Å². The van der Waals surface area contributed by atoms with E-state index in [1.165, 1.54) is 67.8 Å². The van der Waals surface area contributed by atoms with Crippen LogP contribution in [0, 0.1) is 0 Å². The highest BCUT2D eigenvalue weighted by Gasteiger charge is 2.29. The number of ether oxygens (including phenoxy) is 1. The van der Waals surface area contributed by atoms with E-state index in [2.05, 4.69) is 4.72 Å². The summed E-state index contributed by atoms with van der Waals surface area (Å²) in [4.78, 5) is 11.5. The molecule has 0 amide bonds. The molecule has 4 aromatic carbocycles. The number of hydrogen-bond acceptors (Lipinski definition) is 7. The summed E-state index contributed by atoms with van der Waals surface area (Å²) >= 11 is 0. The number of nitrogen functional groups attached to an aromatic ring is 1. The number of carboxylic acid groups (broad SMARTS) is 1. The number of anilines is 3.